The molecule has 0 aromatic carbocycles. The van der Waals surface area contributed by atoms with E-state index >= 15 is 0 Å². The lowest BCUT2D eigenvalue weighted by molar-refractivity contribution is 0.358. The molecule has 0 fully saturated rings. The Kier molecular flexibility index (Phi) is 4.66. The molecule has 0 amide bonds. The van der Waals surface area contributed by atoms with Crippen molar-refractivity contribution in [3.63, 3.8) is 0 Å². The third-order valence-electron chi connectivity index (χ3n) is 2.27. The van der Waals surface area contributed by atoms with E-state index in [1.807, 2.05) is 6.08 Å². The number of nitriles is 1. The van der Waals surface area contributed by atoms with Crippen LogP contribution >= 0.6 is 0 Å². The van der Waals surface area contributed by atoms with E-state index < -0.39 is 0 Å². The zero-order valence-electron chi connectivity index (χ0n) is 8.43. The number of hydrogen-bond acceptors (Lipinski definition) is 1. The van der Waals surface area contributed by atoms with Gasteiger partial charge in [-0.3, -0.25) is 0 Å². The van der Waals surface area contributed by atoms with Gasteiger partial charge >= 0.3 is 0 Å². The summed E-state index contributed by atoms with van der Waals surface area (Å²) in [5.74, 6) is 0.711. The molecule has 1 atom stereocenters. The Hall–Kier alpha value is -0.770. The van der Waals surface area contributed by atoms with Crippen LogP contribution in [0, 0.1) is 22.7 Å². The molecule has 0 spiro atoms. The van der Waals surface area contributed by atoms with Gasteiger partial charge < -0.3 is 0 Å². The van der Waals surface area contributed by atoms with Gasteiger partial charge in [0.05, 0.1) is 6.07 Å². The molecule has 0 aliphatic heterocycles. The second kappa shape index (κ2) is 4.98. The van der Waals surface area contributed by atoms with Crippen LogP contribution in [0.2, 0.25) is 0 Å². The molecule has 68 valence electrons. The maximum Gasteiger partial charge on any atom is 0.0630 e. The van der Waals surface area contributed by atoms with Crippen LogP contribution in [0.1, 0.15) is 40.0 Å². The van der Waals surface area contributed by atoms with Gasteiger partial charge in [0.25, 0.3) is 0 Å². The summed E-state index contributed by atoms with van der Waals surface area (Å²) in [6.07, 6.45) is 4.74. The van der Waals surface area contributed by atoms with Gasteiger partial charge in [0.2, 0.25) is 0 Å². The lowest BCUT2D eigenvalue weighted by Crippen LogP contribution is -2.12. The fourth-order valence-corrected chi connectivity index (χ4v) is 1.06. The summed E-state index contributed by atoms with van der Waals surface area (Å²) in [5, 5.41) is 8.60. The minimum Gasteiger partial charge on any atom is -0.198 e. The summed E-state index contributed by atoms with van der Waals surface area (Å²) in [7, 11) is 0. The van der Waals surface area contributed by atoms with E-state index in [-0.39, 0.29) is 5.41 Å². The van der Waals surface area contributed by atoms with Crippen molar-refractivity contribution in [2.24, 2.45) is 11.3 Å². The molecule has 0 aliphatic rings. The summed E-state index contributed by atoms with van der Waals surface area (Å²) in [5.41, 5.74) is 0.0268. The largest absolute Gasteiger partial charge is 0.198 e. The third kappa shape index (κ3) is 4.18. The van der Waals surface area contributed by atoms with Crippen molar-refractivity contribution < 1.29 is 0 Å². The average molecular weight is 165 g/mol. The van der Waals surface area contributed by atoms with Gasteiger partial charge in [-0.2, -0.15) is 5.26 Å². The molecule has 0 N–H and O–H groups in total. The second-order valence-electron chi connectivity index (χ2n) is 4.13. The van der Waals surface area contributed by atoms with Gasteiger partial charge in [-0.25, -0.2) is 0 Å². The smallest absolute Gasteiger partial charge is 0.0630 e. The SMILES string of the molecule is C=CC(C)(CC#N)CCC(C)C. The van der Waals surface area contributed by atoms with Crippen LogP contribution in [0.15, 0.2) is 12.7 Å². The number of rotatable bonds is 5. The van der Waals surface area contributed by atoms with Crippen molar-refractivity contribution in [1.29, 1.82) is 5.26 Å². The van der Waals surface area contributed by atoms with Crippen LogP contribution in [0.3, 0.4) is 0 Å². The van der Waals surface area contributed by atoms with E-state index in [9.17, 15) is 0 Å². The minimum atomic E-state index is 0.0268. The Labute approximate surface area is 76.1 Å². The zero-order valence-corrected chi connectivity index (χ0v) is 8.43. The molecule has 0 aliphatic carbocycles. The molecule has 12 heavy (non-hydrogen) atoms. The highest BCUT2D eigenvalue weighted by Gasteiger charge is 2.19. The first-order valence-corrected chi connectivity index (χ1v) is 4.54. The molecule has 0 bridgehead atoms. The quantitative estimate of drug-likeness (QED) is 0.572. The third-order valence-corrected chi connectivity index (χ3v) is 2.27. The molecule has 0 rings (SSSR count). The Bertz CT molecular complexity index is 176. The molecule has 1 nitrogen and oxygen atoms in total. The van der Waals surface area contributed by atoms with Crippen LogP contribution in [0.5, 0.6) is 0 Å². The van der Waals surface area contributed by atoms with E-state index in [0.29, 0.717) is 12.3 Å². The van der Waals surface area contributed by atoms with Crippen LogP contribution in [0.25, 0.3) is 0 Å². The van der Waals surface area contributed by atoms with E-state index in [0.717, 1.165) is 6.42 Å². The summed E-state index contributed by atoms with van der Waals surface area (Å²) >= 11 is 0. The van der Waals surface area contributed by atoms with Crippen molar-refractivity contribution >= 4 is 0 Å². The molecule has 0 aromatic rings. The van der Waals surface area contributed by atoms with Crippen LogP contribution < -0.4 is 0 Å². The molecular formula is C11H19N. The molecule has 0 heterocycles. The van der Waals surface area contributed by atoms with E-state index in [1.54, 1.807) is 0 Å². The molecule has 0 saturated carbocycles. The van der Waals surface area contributed by atoms with Crippen LogP contribution in [-0.4, -0.2) is 0 Å². The predicted molar refractivity (Wildman–Crippen MR) is 52.6 cm³/mol. The maximum atomic E-state index is 8.60. The number of allylic oxidation sites excluding steroid dienone is 1. The molecular weight excluding hydrogens is 146 g/mol. The summed E-state index contributed by atoms with van der Waals surface area (Å²) in [6.45, 7) is 10.3. The van der Waals surface area contributed by atoms with E-state index in [4.69, 9.17) is 5.26 Å². The molecule has 0 aromatic heterocycles. The van der Waals surface area contributed by atoms with Crippen LogP contribution in [-0.2, 0) is 0 Å². The molecule has 0 radical (unpaired) electrons. The highest BCUT2D eigenvalue weighted by atomic mass is 14.3. The van der Waals surface area contributed by atoms with Crippen molar-refractivity contribution in [2.45, 2.75) is 40.0 Å². The maximum absolute atomic E-state index is 8.60. The predicted octanol–water partition coefficient (Wildman–Crippen LogP) is 3.53. The lowest BCUT2D eigenvalue weighted by Gasteiger charge is -2.23. The second-order valence-corrected chi connectivity index (χ2v) is 4.13. The van der Waals surface area contributed by atoms with Crippen molar-refractivity contribution in [3.05, 3.63) is 12.7 Å². The molecule has 0 saturated heterocycles. The standard InChI is InChI=1S/C11H19N/c1-5-11(4,8-9-12)7-6-10(2)3/h5,10H,1,6-8H2,2-4H3. The van der Waals surface area contributed by atoms with Gasteiger partial charge in [-0.15, -0.1) is 6.58 Å². The first-order chi connectivity index (χ1) is 5.54. The fourth-order valence-electron chi connectivity index (χ4n) is 1.06. The first-order valence-electron chi connectivity index (χ1n) is 4.54. The average Bonchev–Trinajstić information content (AvgIpc) is 2.02. The molecule has 1 heteroatoms. The fraction of sp³-hybridized carbons (Fsp3) is 0.727. The highest BCUT2D eigenvalue weighted by molar-refractivity contribution is 4.97. The summed E-state index contributed by atoms with van der Waals surface area (Å²) < 4.78 is 0. The number of hydrogen-bond donors (Lipinski definition) is 0. The van der Waals surface area contributed by atoms with Gasteiger partial charge in [0.1, 0.15) is 0 Å². The van der Waals surface area contributed by atoms with Gasteiger partial charge in [-0.1, -0.05) is 33.3 Å². The van der Waals surface area contributed by atoms with Gasteiger partial charge in [-0.05, 0) is 17.8 Å². The number of nitrogens with zero attached hydrogens (tertiary/aromatic N) is 1. The zero-order chi connectivity index (χ0) is 9.61. The van der Waals surface area contributed by atoms with Crippen molar-refractivity contribution in [3.8, 4) is 6.07 Å². The minimum absolute atomic E-state index is 0.0268. The van der Waals surface area contributed by atoms with E-state index in [1.165, 1.54) is 6.42 Å². The Morgan fingerprint density at radius 3 is 2.50 bits per heavy atom. The first kappa shape index (κ1) is 11.2. The summed E-state index contributed by atoms with van der Waals surface area (Å²) in [6, 6.07) is 2.21. The summed E-state index contributed by atoms with van der Waals surface area (Å²) in [4.78, 5) is 0. The lowest BCUT2D eigenvalue weighted by atomic mass is 9.81. The molecule has 1 unspecified atom stereocenters. The van der Waals surface area contributed by atoms with Gasteiger partial charge in [0.15, 0.2) is 0 Å². The Morgan fingerprint density at radius 1 is 1.58 bits per heavy atom. The van der Waals surface area contributed by atoms with Crippen LogP contribution in [0.4, 0.5) is 0 Å². The monoisotopic (exact) mass is 165 g/mol. The Morgan fingerprint density at radius 2 is 2.17 bits per heavy atom. The highest BCUT2D eigenvalue weighted by Crippen LogP contribution is 2.29. The van der Waals surface area contributed by atoms with Gasteiger partial charge in [0, 0.05) is 6.42 Å². The topological polar surface area (TPSA) is 23.8 Å². The van der Waals surface area contributed by atoms with Crippen molar-refractivity contribution in [2.75, 3.05) is 0 Å². The van der Waals surface area contributed by atoms with E-state index in [2.05, 4.69) is 33.4 Å². The normalized spacial score (nSPS) is 15.2. The van der Waals surface area contributed by atoms with Crippen molar-refractivity contribution in [1.82, 2.24) is 0 Å². The Balaban J connectivity index is 3.98.